The predicted octanol–water partition coefficient (Wildman–Crippen LogP) is 4.68. The van der Waals surface area contributed by atoms with Crippen LogP contribution in [-0.2, 0) is 21.8 Å². The van der Waals surface area contributed by atoms with E-state index in [0.717, 1.165) is 38.1 Å². The Morgan fingerprint density at radius 1 is 0.914 bits per heavy atom. The molecule has 0 saturated heterocycles. The Kier molecular flexibility index (Phi) is 5.41. The number of hydrogen-bond acceptors (Lipinski definition) is 5. The van der Waals surface area contributed by atoms with Crippen molar-refractivity contribution in [3.05, 3.63) is 99.6 Å². The number of benzene rings is 3. The zero-order chi connectivity index (χ0) is 25.0. The molecule has 3 aromatic carbocycles. The van der Waals surface area contributed by atoms with Gasteiger partial charge in [-0.05, 0) is 28.5 Å². The number of sulfone groups is 1. The maximum atomic E-state index is 13.2. The number of alkyl halides is 3. The molecule has 35 heavy (non-hydrogen) atoms. The van der Waals surface area contributed by atoms with Gasteiger partial charge in [0, 0.05) is 12.4 Å². The molecular formula is C23H14ClF3N4O3S. The van der Waals surface area contributed by atoms with Crippen LogP contribution in [0.1, 0.15) is 11.1 Å². The lowest BCUT2D eigenvalue weighted by Crippen LogP contribution is -2.22. The summed E-state index contributed by atoms with van der Waals surface area (Å²) in [7, 11) is -4.05. The molecule has 12 heteroatoms. The van der Waals surface area contributed by atoms with E-state index in [2.05, 4.69) is 10.2 Å². The predicted molar refractivity (Wildman–Crippen MR) is 123 cm³/mol. The molecule has 0 saturated carbocycles. The number of fused-ring (bicyclic) bond motifs is 2. The van der Waals surface area contributed by atoms with Gasteiger partial charge in [-0.15, -0.1) is 10.2 Å². The first-order valence-corrected chi connectivity index (χ1v) is 12.1. The molecule has 7 nitrogen and oxygen atoms in total. The largest absolute Gasteiger partial charge is 0.417 e. The summed E-state index contributed by atoms with van der Waals surface area (Å²) in [5.41, 5.74) is -2.05. The molecule has 0 fully saturated rings. The van der Waals surface area contributed by atoms with Crippen molar-refractivity contribution in [2.45, 2.75) is 17.1 Å². The fourth-order valence-corrected chi connectivity index (χ4v) is 5.61. The summed E-state index contributed by atoms with van der Waals surface area (Å²) in [6.45, 7) is 0. The number of halogens is 4. The van der Waals surface area contributed by atoms with E-state index in [4.69, 9.17) is 11.6 Å². The Labute approximate surface area is 200 Å². The van der Waals surface area contributed by atoms with E-state index in [0.29, 0.717) is 5.56 Å². The first kappa shape index (κ1) is 23.1. The van der Waals surface area contributed by atoms with Crippen LogP contribution in [-0.4, -0.2) is 27.6 Å². The molecule has 0 amide bonds. The van der Waals surface area contributed by atoms with Crippen LogP contribution in [0.3, 0.4) is 0 Å². The van der Waals surface area contributed by atoms with Crippen LogP contribution in [0.4, 0.5) is 13.2 Å². The highest BCUT2D eigenvalue weighted by Gasteiger charge is 2.34. The molecule has 0 spiro atoms. The van der Waals surface area contributed by atoms with Gasteiger partial charge in [0.05, 0.1) is 22.0 Å². The Bertz CT molecular complexity index is 1770. The van der Waals surface area contributed by atoms with Crippen molar-refractivity contribution >= 4 is 37.9 Å². The fraction of sp³-hybridized carbons (Fsp3) is 0.0870. The zero-order valence-corrected chi connectivity index (χ0v) is 19.1. The SMILES string of the molecule is O=c1c2nnc(S(=O)(=O)Cc3cccc4ccccc34)n2ccn1-c1cccc(C(F)(F)F)c1Cl. The lowest BCUT2D eigenvalue weighted by molar-refractivity contribution is -0.137. The number of aromatic nitrogens is 4. The summed E-state index contributed by atoms with van der Waals surface area (Å²) in [5.74, 6) is -0.391. The van der Waals surface area contributed by atoms with Gasteiger partial charge in [0.15, 0.2) is 0 Å². The summed E-state index contributed by atoms with van der Waals surface area (Å²) in [4.78, 5) is 13.0. The Morgan fingerprint density at radius 2 is 1.63 bits per heavy atom. The van der Waals surface area contributed by atoms with Crippen LogP contribution in [0.15, 0.2) is 83.0 Å². The Morgan fingerprint density at radius 3 is 2.40 bits per heavy atom. The first-order chi connectivity index (χ1) is 16.6. The van der Waals surface area contributed by atoms with Crippen molar-refractivity contribution in [3.63, 3.8) is 0 Å². The second kappa shape index (κ2) is 8.21. The lowest BCUT2D eigenvalue weighted by Gasteiger charge is -2.14. The summed E-state index contributed by atoms with van der Waals surface area (Å²) in [6, 6.07) is 15.7. The molecule has 5 aromatic rings. The molecule has 0 unspecified atom stereocenters. The second-order valence-corrected chi connectivity index (χ2v) is 9.94. The fourth-order valence-electron chi connectivity index (χ4n) is 3.88. The average molecular weight is 519 g/mol. The Hall–Kier alpha value is -3.70. The average Bonchev–Trinajstić information content (AvgIpc) is 3.25. The van der Waals surface area contributed by atoms with Crippen molar-refractivity contribution < 1.29 is 21.6 Å². The van der Waals surface area contributed by atoms with Crippen LogP contribution in [0.25, 0.3) is 22.1 Å². The maximum absolute atomic E-state index is 13.2. The molecule has 2 aromatic heterocycles. The smallest absolute Gasteiger partial charge is 0.278 e. The van der Waals surface area contributed by atoms with Gasteiger partial charge in [0.1, 0.15) is 0 Å². The molecule has 0 N–H and O–H groups in total. The molecule has 0 atom stereocenters. The molecule has 0 aliphatic carbocycles. The van der Waals surface area contributed by atoms with Crippen LogP contribution in [0, 0.1) is 0 Å². The van der Waals surface area contributed by atoms with Gasteiger partial charge in [0.2, 0.25) is 15.5 Å². The number of nitrogens with zero attached hydrogens (tertiary/aromatic N) is 4. The standard InChI is InChI=1S/C23H14ClF3N4O3S/c24-19-17(23(25,26)27)9-4-10-18(19)30-11-12-31-20(21(30)32)28-29-22(31)35(33,34)13-15-7-3-6-14-5-1-2-8-16(14)15/h1-12H,13H2. The zero-order valence-electron chi connectivity index (χ0n) is 17.6. The van der Waals surface area contributed by atoms with E-state index in [-0.39, 0.29) is 11.3 Å². The monoisotopic (exact) mass is 518 g/mol. The third-order valence-corrected chi connectivity index (χ3v) is 7.41. The molecular weight excluding hydrogens is 505 g/mol. The van der Waals surface area contributed by atoms with Gasteiger partial charge in [0.25, 0.3) is 5.16 Å². The summed E-state index contributed by atoms with van der Waals surface area (Å²) in [6.07, 6.45) is -2.40. The van der Waals surface area contributed by atoms with Crippen molar-refractivity contribution in [2.75, 3.05) is 0 Å². The summed E-state index contributed by atoms with van der Waals surface area (Å²) >= 11 is 5.95. The van der Waals surface area contributed by atoms with Crippen molar-refractivity contribution in [3.8, 4) is 5.69 Å². The first-order valence-electron chi connectivity index (χ1n) is 10.1. The van der Waals surface area contributed by atoms with Gasteiger partial charge in [-0.3, -0.25) is 13.8 Å². The van der Waals surface area contributed by atoms with E-state index >= 15 is 0 Å². The Balaban J connectivity index is 1.60. The summed E-state index contributed by atoms with van der Waals surface area (Å²) in [5, 5.41) is 7.92. The number of hydrogen-bond donors (Lipinski definition) is 0. The van der Waals surface area contributed by atoms with Gasteiger partial charge in [-0.1, -0.05) is 60.1 Å². The van der Waals surface area contributed by atoms with Gasteiger partial charge in [-0.25, -0.2) is 8.42 Å². The van der Waals surface area contributed by atoms with Crippen LogP contribution in [0.2, 0.25) is 5.02 Å². The maximum Gasteiger partial charge on any atom is 0.417 e. The van der Waals surface area contributed by atoms with Gasteiger partial charge in [-0.2, -0.15) is 13.2 Å². The highest BCUT2D eigenvalue weighted by molar-refractivity contribution is 7.90. The van der Waals surface area contributed by atoms with Crippen LogP contribution < -0.4 is 5.56 Å². The minimum absolute atomic E-state index is 0.225. The van der Waals surface area contributed by atoms with Crippen molar-refractivity contribution in [2.24, 2.45) is 0 Å². The second-order valence-electron chi connectivity index (χ2n) is 7.68. The van der Waals surface area contributed by atoms with Crippen molar-refractivity contribution in [1.82, 2.24) is 19.2 Å². The molecule has 2 heterocycles. The summed E-state index contributed by atoms with van der Waals surface area (Å²) < 4.78 is 68.0. The van der Waals surface area contributed by atoms with Crippen LogP contribution >= 0.6 is 11.6 Å². The molecule has 178 valence electrons. The van der Waals surface area contributed by atoms with E-state index in [9.17, 15) is 26.4 Å². The van der Waals surface area contributed by atoms with Crippen molar-refractivity contribution in [1.29, 1.82) is 0 Å². The number of rotatable bonds is 4. The molecule has 0 radical (unpaired) electrons. The lowest BCUT2D eigenvalue weighted by atomic mass is 10.1. The van der Waals surface area contributed by atoms with E-state index in [1.807, 2.05) is 18.2 Å². The van der Waals surface area contributed by atoms with E-state index < -0.39 is 43.1 Å². The normalized spacial score (nSPS) is 12.5. The topological polar surface area (TPSA) is 86.3 Å². The highest BCUT2D eigenvalue weighted by atomic mass is 35.5. The minimum Gasteiger partial charge on any atom is -0.278 e. The molecule has 0 bridgehead atoms. The van der Waals surface area contributed by atoms with Gasteiger partial charge < -0.3 is 0 Å². The van der Waals surface area contributed by atoms with E-state index in [1.54, 1.807) is 24.3 Å². The molecule has 5 rings (SSSR count). The van der Waals surface area contributed by atoms with Crippen LogP contribution in [0.5, 0.6) is 0 Å². The molecule has 0 aliphatic heterocycles. The third-order valence-electron chi connectivity index (χ3n) is 5.49. The minimum atomic E-state index is -4.72. The molecule has 0 aliphatic rings. The van der Waals surface area contributed by atoms with E-state index in [1.165, 1.54) is 12.3 Å². The third kappa shape index (κ3) is 3.96. The van der Waals surface area contributed by atoms with Gasteiger partial charge >= 0.3 is 11.7 Å². The highest BCUT2D eigenvalue weighted by Crippen LogP contribution is 2.37. The quantitative estimate of drug-likeness (QED) is 0.345.